The molecule has 2 aromatic heterocycles. The van der Waals surface area contributed by atoms with E-state index in [4.69, 9.17) is 71.1 Å². The predicted molar refractivity (Wildman–Crippen MR) is 233 cm³/mol. The molecular weight excluding hydrogens is 924 g/mol. The molecule has 2 fully saturated rings. The second kappa shape index (κ2) is 36.4. The Kier molecular flexibility index (Phi) is 31.1. The van der Waals surface area contributed by atoms with Crippen molar-refractivity contribution in [2.24, 2.45) is 0 Å². The molecular formula is C42H76N6O21. The first-order valence-electron chi connectivity index (χ1n) is 23.4. The van der Waals surface area contributed by atoms with Crippen LogP contribution in [0.1, 0.15) is 25.2 Å². The highest BCUT2D eigenvalue weighted by Gasteiger charge is 2.43. The number of aliphatic hydroxyl groups excluding tert-OH is 6. The first kappa shape index (κ1) is 59.0. The van der Waals surface area contributed by atoms with Gasteiger partial charge in [0.15, 0.2) is 12.6 Å². The van der Waals surface area contributed by atoms with Crippen LogP contribution in [0.25, 0.3) is 0 Å². The van der Waals surface area contributed by atoms with Gasteiger partial charge in [0, 0.05) is 0 Å². The molecule has 2 aliphatic heterocycles. The predicted octanol–water partition coefficient (Wildman–Crippen LogP) is -3.56. The van der Waals surface area contributed by atoms with Gasteiger partial charge < -0.3 is 102 Å². The zero-order valence-corrected chi connectivity index (χ0v) is 39.8. The van der Waals surface area contributed by atoms with Crippen LogP contribution in [0.3, 0.4) is 0 Å². The van der Waals surface area contributed by atoms with Crippen LogP contribution in [-0.4, -0.2) is 267 Å². The Bertz CT molecular complexity index is 1430. The van der Waals surface area contributed by atoms with E-state index in [0.717, 1.165) is 0 Å². The summed E-state index contributed by atoms with van der Waals surface area (Å²) in [4.78, 5) is 0. The lowest BCUT2D eigenvalue weighted by molar-refractivity contribution is -0.296. The van der Waals surface area contributed by atoms with Gasteiger partial charge in [-0.3, -0.25) is 0 Å². The third kappa shape index (κ3) is 24.6. The fourth-order valence-corrected chi connectivity index (χ4v) is 6.28. The molecule has 10 atom stereocenters. The summed E-state index contributed by atoms with van der Waals surface area (Å²) >= 11 is 0. The van der Waals surface area contributed by atoms with E-state index in [2.05, 4.69) is 20.6 Å². The molecule has 2 aromatic rings. The van der Waals surface area contributed by atoms with Crippen molar-refractivity contribution in [3.05, 3.63) is 23.8 Å². The first-order valence-corrected chi connectivity index (χ1v) is 23.4. The maximum atomic E-state index is 10.1. The summed E-state index contributed by atoms with van der Waals surface area (Å²) in [6.45, 7) is 13.8. The van der Waals surface area contributed by atoms with Crippen molar-refractivity contribution < 1.29 is 102 Å². The fourth-order valence-electron chi connectivity index (χ4n) is 6.28. The Morgan fingerprint density at radius 2 is 0.623 bits per heavy atom. The van der Waals surface area contributed by atoms with Crippen molar-refractivity contribution in [2.45, 2.75) is 102 Å². The normalized spacial score (nSPS) is 25.2. The first-order chi connectivity index (χ1) is 33.6. The third-order valence-electron chi connectivity index (χ3n) is 10.2. The molecule has 400 valence electrons. The van der Waals surface area contributed by atoms with Crippen LogP contribution in [0.2, 0.25) is 0 Å². The van der Waals surface area contributed by atoms with E-state index < -0.39 is 61.4 Å². The Labute approximate surface area is 401 Å². The number of ether oxygens (including phenoxy) is 15. The zero-order chi connectivity index (χ0) is 49.3. The minimum Gasteiger partial charge on any atom is -0.388 e. The molecule has 2 saturated heterocycles. The van der Waals surface area contributed by atoms with Crippen molar-refractivity contribution in [2.75, 3.05) is 145 Å². The second-order valence-electron chi connectivity index (χ2n) is 15.7. The lowest BCUT2D eigenvalue weighted by atomic mass is 10.0. The average Bonchev–Trinajstić information content (AvgIpc) is 4.02. The van der Waals surface area contributed by atoms with Gasteiger partial charge in [0.25, 0.3) is 0 Å². The molecule has 4 heterocycles. The average molecular weight is 1000 g/mol. The van der Waals surface area contributed by atoms with Gasteiger partial charge in [-0.1, -0.05) is 10.4 Å². The Hall–Kier alpha value is -2.56. The number of rotatable bonds is 42. The van der Waals surface area contributed by atoms with Crippen LogP contribution in [-0.2, 0) is 97.4 Å². The summed E-state index contributed by atoms with van der Waals surface area (Å²) in [6.07, 6.45) is -8.05. The maximum Gasteiger partial charge on any atom is 0.186 e. The van der Waals surface area contributed by atoms with E-state index in [0.29, 0.717) is 170 Å². The molecule has 0 aromatic carbocycles. The molecule has 0 amide bonds. The van der Waals surface area contributed by atoms with Crippen LogP contribution in [0.4, 0.5) is 0 Å². The van der Waals surface area contributed by atoms with Gasteiger partial charge in [-0.05, 0) is 13.8 Å². The van der Waals surface area contributed by atoms with Gasteiger partial charge in [0.2, 0.25) is 0 Å². The quantitative estimate of drug-likeness (QED) is 0.0351. The van der Waals surface area contributed by atoms with Crippen molar-refractivity contribution in [1.82, 2.24) is 30.0 Å². The molecule has 2 aliphatic rings. The van der Waals surface area contributed by atoms with E-state index in [9.17, 15) is 30.6 Å². The molecule has 27 nitrogen and oxygen atoms in total. The molecule has 0 bridgehead atoms. The summed E-state index contributed by atoms with van der Waals surface area (Å²) in [5.41, 5.74) is 1.03. The molecule has 4 rings (SSSR count). The van der Waals surface area contributed by atoms with Gasteiger partial charge >= 0.3 is 0 Å². The highest BCUT2D eigenvalue weighted by Crippen LogP contribution is 2.23. The highest BCUT2D eigenvalue weighted by molar-refractivity contribution is 4.93. The number of hydrogen-bond donors (Lipinski definition) is 6. The Morgan fingerprint density at radius 1 is 0.377 bits per heavy atom. The van der Waals surface area contributed by atoms with Gasteiger partial charge in [-0.2, -0.15) is 0 Å². The molecule has 0 spiro atoms. The number of aliphatic hydroxyl groups is 6. The van der Waals surface area contributed by atoms with Crippen LogP contribution in [0, 0.1) is 0 Å². The Morgan fingerprint density at radius 3 is 0.884 bits per heavy atom. The summed E-state index contributed by atoms with van der Waals surface area (Å²) in [6, 6.07) is 0. The zero-order valence-electron chi connectivity index (χ0n) is 39.8. The molecule has 0 radical (unpaired) electrons. The van der Waals surface area contributed by atoms with E-state index in [1.54, 1.807) is 35.6 Å². The number of aromatic nitrogens is 6. The molecule has 0 saturated carbocycles. The topological polar surface area (TPSA) is 321 Å². The van der Waals surface area contributed by atoms with Crippen molar-refractivity contribution in [3.8, 4) is 0 Å². The smallest absolute Gasteiger partial charge is 0.186 e. The van der Waals surface area contributed by atoms with Crippen LogP contribution < -0.4 is 0 Å². The fraction of sp³-hybridized carbons (Fsp3) is 0.905. The minimum absolute atomic E-state index is 0.0110. The van der Waals surface area contributed by atoms with Gasteiger partial charge in [-0.15, -0.1) is 10.2 Å². The molecule has 69 heavy (non-hydrogen) atoms. The number of nitrogens with zero attached hydrogens (tertiary/aromatic N) is 6. The molecule has 6 N–H and O–H groups in total. The summed E-state index contributed by atoms with van der Waals surface area (Å²) < 4.78 is 85.8. The largest absolute Gasteiger partial charge is 0.388 e. The lowest BCUT2D eigenvalue weighted by Crippen LogP contribution is -2.57. The molecule has 27 heteroatoms. The van der Waals surface area contributed by atoms with Gasteiger partial charge in [-0.25, -0.2) is 9.36 Å². The monoisotopic (exact) mass is 1000 g/mol. The van der Waals surface area contributed by atoms with E-state index in [1.165, 1.54) is 0 Å². The van der Waals surface area contributed by atoms with E-state index in [-0.39, 0.29) is 13.2 Å². The second-order valence-corrected chi connectivity index (χ2v) is 15.7. The van der Waals surface area contributed by atoms with E-state index in [1.807, 2.05) is 0 Å². The maximum absolute atomic E-state index is 10.1. The van der Waals surface area contributed by atoms with Crippen LogP contribution in [0.5, 0.6) is 0 Å². The minimum atomic E-state index is -1.38. The SMILES string of the molecule is CC1O[C@@H](OCc2cn(CCOCCOCCOCCOCCOCCOCCOCCOCCOCCOCCOCCn3cc(CO[C@@H]4OC(C)[C@@H](O)C(O)[C@H]4O)nn3)nn2)C(O)C(O)[C@@H]1O. The summed E-state index contributed by atoms with van der Waals surface area (Å²) in [7, 11) is 0. The van der Waals surface area contributed by atoms with Crippen molar-refractivity contribution >= 4 is 0 Å². The summed E-state index contributed by atoms with van der Waals surface area (Å²) in [5, 5.41) is 75.5. The van der Waals surface area contributed by atoms with Crippen LogP contribution in [0.15, 0.2) is 12.4 Å². The van der Waals surface area contributed by atoms with Gasteiger partial charge in [0.1, 0.15) is 48.0 Å². The van der Waals surface area contributed by atoms with Gasteiger partial charge in [0.05, 0.1) is 196 Å². The lowest BCUT2D eigenvalue weighted by Gasteiger charge is -2.38. The third-order valence-corrected chi connectivity index (χ3v) is 10.2. The van der Waals surface area contributed by atoms with Crippen molar-refractivity contribution in [1.29, 1.82) is 0 Å². The molecule has 5 unspecified atom stereocenters. The standard InChI is InChI=1S/C42H76N6O21/c1-31-35(49)37(51)39(53)41(68-31)66-29-33-27-47(45-43-33)3-5-55-7-9-57-11-13-59-15-17-61-19-21-63-23-25-65-26-24-64-22-20-62-18-16-60-14-12-58-10-8-56-6-4-48-28-34(44-46-48)30-67-42-40(54)38(52)36(50)32(2)69-42/h27-28,31-32,35-42,49-54H,3-26,29-30H2,1-2H3/t31?,32?,35-,36-,37?,38?,39-,40?,41-,42-/m1/s1. The van der Waals surface area contributed by atoms with E-state index >= 15 is 0 Å². The molecule has 0 aliphatic carbocycles. The van der Waals surface area contributed by atoms with Crippen molar-refractivity contribution in [3.63, 3.8) is 0 Å². The van der Waals surface area contributed by atoms with Crippen LogP contribution >= 0.6 is 0 Å². The Balaban J connectivity index is 0.773. The summed E-state index contributed by atoms with van der Waals surface area (Å²) in [5.74, 6) is 0. The number of hydrogen-bond acceptors (Lipinski definition) is 25. The highest BCUT2D eigenvalue weighted by atomic mass is 16.7.